The third-order valence-electron chi connectivity index (χ3n) is 10.5. The van der Waals surface area contributed by atoms with E-state index in [1.807, 2.05) is 21.1 Å². The van der Waals surface area contributed by atoms with Gasteiger partial charge in [-0.3, -0.25) is 9.59 Å². The van der Waals surface area contributed by atoms with E-state index in [9.17, 15) is 19.5 Å². The summed E-state index contributed by atoms with van der Waals surface area (Å²) in [7, 11) is 5.96. The van der Waals surface area contributed by atoms with Crippen LogP contribution in [-0.4, -0.2) is 87.4 Å². The minimum absolute atomic E-state index is 0.179. The van der Waals surface area contributed by atoms with Crippen molar-refractivity contribution in [1.82, 2.24) is 0 Å². The molecule has 0 aliphatic rings. The zero-order chi connectivity index (χ0) is 42.8. The van der Waals surface area contributed by atoms with E-state index >= 15 is 0 Å². The highest BCUT2D eigenvalue weighted by atomic mass is 16.7. The van der Waals surface area contributed by atoms with Gasteiger partial charge in [-0.1, -0.05) is 179 Å². The Kier molecular flexibility index (Phi) is 39.9. The van der Waals surface area contributed by atoms with Gasteiger partial charge in [0, 0.05) is 12.8 Å². The van der Waals surface area contributed by atoms with Gasteiger partial charge in [-0.15, -0.1) is 0 Å². The Labute approximate surface area is 357 Å². The Morgan fingerprint density at radius 2 is 0.931 bits per heavy atom. The summed E-state index contributed by atoms with van der Waals surface area (Å²) < 4.78 is 22.8. The van der Waals surface area contributed by atoms with Crippen LogP contribution in [0.3, 0.4) is 0 Å². The average Bonchev–Trinajstić information content (AvgIpc) is 3.18. The molecule has 0 saturated carbocycles. The van der Waals surface area contributed by atoms with Crippen molar-refractivity contribution in [3.63, 3.8) is 0 Å². The number of unbranched alkanes of at least 4 members (excludes halogenated alkanes) is 25. The van der Waals surface area contributed by atoms with Crippen LogP contribution in [0.5, 0.6) is 0 Å². The number of carbonyl (C=O) groups is 3. The molecule has 0 heterocycles. The number of likely N-dealkylation sites (N-methyl/N-ethyl adjacent to an activating group) is 1. The van der Waals surface area contributed by atoms with Crippen molar-refractivity contribution < 1.29 is 42.9 Å². The van der Waals surface area contributed by atoms with Gasteiger partial charge in [-0.05, 0) is 44.9 Å². The highest BCUT2D eigenvalue weighted by Gasteiger charge is 2.25. The van der Waals surface area contributed by atoms with Gasteiger partial charge in [0.1, 0.15) is 13.2 Å². The van der Waals surface area contributed by atoms with Gasteiger partial charge in [-0.2, -0.15) is 0 Å². The third-order valence-corrected chi connectivity index (χ3v) is 10.5. The highest BCUT2D eigenvalue weighted by molar-refractivity contribution is 5.71. The van der Waals surface area contributed by atoms with E-state index in [1.165, 1.54) is 135 Å². The number of ether oxygens (including phenoxy) is 4. The molecular weight excluding hydrogens is 731 g/mol. The predicted octanol–water partition coefficient (Wildman–Crippen LogP) is 12.8. The van der Waals surface area contributed by atoms with Crippen LogP contribution in [0.2, 0.25) is 0 Å². The second kappa shape index (κ2) is 41.5. The van der Waals surface area contributed by atoms with Crippen molar-refractivity contribution >= 4 is 17.9 Å². The number of quaternary nitrogens is 1. The fourth-order valence-corrected chi connectivity index (χ4v) is 6.69. The Bertz CT molecular complexity index is 1010. The van der Waals surface area contributed by atoms with Crippen molar-refractivity contribution in [2.24, 2.45) is 0 Å². The van der Waals surface area contributed by atoms with Crippen molar-refractivity contribution in [3.8, 4) is 0 Å². The van der Waals surface area contributed by atoms with Crippen LogP contribution in [0.15, 0.2) is 24.3 Å². The fraction of sp³-hybridized carbons (Fsp3) is 0.857. The Balaban J connectivity index is 4.37. The Morgan fingerprint density at radius 1 is 0.517 bits per heavy atom. The van der Waals surface area contributed by atoms with Gasteiger partial charge in [-0.25, -0.2) is 4.79 Å². The number of nitrogens with zero attached hydrogens (tertiary/aromatic N) is 1. The zero-order valence-corrected chi connectivity index (χ0v) is 38.5. The van der Waals surface area contributed by atoms with Crippen LogP contribution in [0.4, 0.5) is 0 Å². The zero-order valence-electron chi connectivity index (χ0n) is 38.5. The van der Waals surface area contributed by atoms with E-state index in [-0.39, 0.29) is 32.2 Å². The summed E-state index contributed by atoms with van der Waals surface area (Å²) in [6.45, 7) is 4.86. The van der Waals surface area contributed by atoms with E-state index in [0.29, 0.717) is 17.4 Å². The number of carbonyl (C=O) groups excluding carboxylic acids is 2. The number of rotatable bonds is 44. The molecule has 0 aromatic rings. The van der Waals surface area contributed by atoms with E-state index in [1.54, 1.807) is 0 Å². The highest BCUT2D eigenvalue weighted by Crippen LogP contribution is 2.15. The monoisotopic (exact) mass is 823 g/mol. The van der Waals surface area contributed by atoms with Gasteiger partial charge in [0.2, 0.25) is 0 Å². The molecule has 0 aliphatic carbocycles. The van der Waals surface area contributed by atoms with Gasteiger partial charge in [0.05, 0.1) is 34.4 Å². The summed E-state index contributed by atoms with van der Waals surface area (Å²) in [5.74, 6) is -2.00. The van der Waals surface area contributed by atoms with Gasteiger partial charge >= 0.3 is 17.9 Å². The lowest BCUT2D eigenvalue weighted by atomic mass is 10.0. The topological polar surface area (TPSA) is 108 Å². The van der Waals surface area contributed by atoms with Crippen LogP contribution in [0.25, 0.3) is 0 Å². The molecule has 9 heteroatoms. The molecule has 0 fully saturated rings. The van der Waals surface area contributed by atoms with Gasteiger partial charge in [0.15, 0.2) is 6.10 Å². The lowest BCUT2D eigenvalue weighted by Crippen LogP contribution is -2.40. The molecule has 0 aliphatic heterocycles. The summed E-state index contributed by atoms with van der Waals surface area (Å²) in [4.78, 5) is 37.2. The first-order chi connectivity index (χ1) is 28.1. The first kappa shape index (κ1) is 55.8. The number of carboxylic acid groups (broad SMARTS) is 1. The summed E-state index contributed by atoms with van der Waals surface area (Å²) in [6.07, 6.45) is 42.3. The predicted molar refractivity (Wildman–Crippen MR) is 240 cm³/mol. The second-order valence-corrected chi connectivity index (χ2v) is 17.4. The SMILES string of the molecule is CCCCC/C=C\C/C=C\CCCCCCCCCCCC(=O)OC(COC(=O)CCCCCCCCCCCCCCCC)COC(OCC[N+](C)(C)C)C(=O)O. The molecule has 0 amide bonds. The minimum Gasteiger partial charge on any atom is -0.477 e. The molecule has 340 valence electrons. The Morgan fingerprint density at radius 3 is 1.40 bits per heavy atom. The van der Waals surface area contributed by atoms with Crippen LogP contribution >= 0.6 is 0 Å². The summed E-state index contributed by atoms with van der Waals surface area (Å²) in [6, 6.07) is 0. The third kappa shape index (κ3) is 41.9. The lowest BCUT2D eigenvalue weighted by Gasteiger charge is -2.25. The quantitative estimate of drug-likeness (QED) is 0.0213. The van der Waals surface area contributed by atoms with Crippen LogP contribution < -0.4 is 0 Å². The molecule has 2 unspecified atom stereocenters. The van der Waals surface area contributed by atoms with Crippen LogP contribution in [0.1, 0.15) is 213 Å². The van der Waals surface area contributed by atoms with E-state index < -0.39 is 24.3 Å². The molecule has 0 aromatic carbocycles. The molecule has 0 aromatic heterocycles. The maximum absolute atomic E-state index is 12.8. The summed E-state index contributed by atoms with van der Waals surface area (Å²) >= 11 is 0. The van der Waals surface area contributed by atoms with Crippen molar-refractivity contribution in [2.75, 3.05) is 47.5 Å². The number of hydrogen-bond acceptors (Lipinski definition) is 7. The van der Waals surface area contributed by atoms with Crippen molar-refractivity contribution in [2.45, 2.75) is 225 Å². The average molecular weight is 823 g/mol. The molecule has 0 radical (unpaired) electrons. The lowest BCUT2D eigenvalue weighted by molar-refractivity contribution is -0.870. The first-order valence-electron chi connectivity index (χ1n) is 24.0. The number of aliphatic carboxylic acids is 1. The molecule has 0 spiro atoms. The van der Waals surface area contributed by atoms with E-state index in [0.717, 1.165) is 51.4 Å². The maximum atomic E-state index is 12.8. The minimum atomic E-state index is -1.51. The standard InChI is InChI=1S/C49H91NO8/c1-6-8-10-12-14-16-18-20-22-23-24-25-26-28-30-32-34-36-38-40-47(52)58-45(44-57-49(48(53)54)55-42-41-50(3,4)5)43-56-46(51)39-37-35-33-31-29-27-21-19-17-15-13-11-9-7-2/h14,16,20,22,45,49H,6-13,15,17-19,21,23-44H2,1-5H3/p+1/b16-14-,22-20-. The van der Waals surface area contributed by atoms with Crippen molar-refractivity contribution in [3.05, 3.63) is 24.3 Å². The molecule has 58 heavy (non-hydrogen) atoms. The molecule has 2 atom stereocenters. The van der Waals surface area contributed by atoms with E-state index in [2.05, 4.69) is 38.2 Å². The smallest absolute Gasteiger partial charge is 0.361 e. The van der Waals surface area contributed by atoms with Crippen LogP contribution in [0, 0.1) is 0 Å². The molecule has 9 nitrogen and oxygen atoms in total. The molecule has 1 N–H and O–H groups in total. The number of carboxylic acids is 1. The fourth-order valence-electron chi connectivity index (χ4n) is 6.69. The molecule has 0 rings (SSSR count). The first-order valence-corrected chi connectivity index (χ1v) is 24.0. The van der Waals surface area contributed by atoms with Gasteiger partial charge in [0.25, 0.3) is 6.29 Å². The molecule has 0 bridgehead atoms. The number of hydrogen-bond donors (Lipinski definition) is 1. The number of esters is 2. The molecular formula is C49H92NO8+. The normalized spacial score (nSPS) is 13.1. The second-order valence-electron chi connectivity index (χ2n) is 17.4. The van der Waals surface area contributed by atoms with E-state index in [4.69, 9.17) is 18.9 Å². The largest absolute Gasteiger partial charge is 0.477 e. The Hall–Kier alpha value is -2.23. The summed E-state index contributed by atoms with van der Waals surface area (Å²) in [5.41, 5.74) is 0. The van der Waals surface area contributed by atoms with Crippen LogP contribution in [-0.2, 0) is 33.3 Å². The maximum Gasteiger partial charge on any atom is 0.361 e. The number of allylic oxidation sites excluding steroid dienone is 4. The van der Waals surface area contributed by atoms with Crippen molar-refractivity contribution in [1.29, 1.82) is 0 Å². The molecule has 0 saturated heterocycles. The summed E-state index contributed by atoms with van der Waals surface area (Å²) in [5, 5.41) is 9.65. The van der Waals surface area contributed by atoms with Gasteiger partial charge < -0.3 is 28.5 Å².